The number of hydrogen-bond acceptors (Lipinski definition) is 4. The van der Waals surface area contributed by atoms with Crippen molar-refractivity contribution >= 4 is 43.7 Å². The van der Waals surface area contributed by atoms with Crippen LogP contribution in [-0.4, -0.2) is 19.5 Å². The topological polar surface area (TPSA) is 56.7 Å². The van der Waals surface area contributed by atoms with Crippen molar-refractivity contribution in [1.82, 2.24) is 19.5 Å². The number of nitrogens with zero attached hydrogens (tertiary/aromatic N) is 4. The first kappa shape index (κ1) is 30.8. The molecule has 0 radical (unpaired) electrons. The van der Waals surface area contributed by atoms with E-state index < -0.39 is 0 Å². The standard InChI is InChI=1S/C51H30N4O/c1-2-10-31(11-3-1)40-19-9-20-44-48(40)43-25-22-35-29-45(43)55(44)39-17-8-14-34(28-39)32-12-6-15-36(26-32)49-52-50(37-16-7-13-33(35)27-37)54-51(53-49)38-23-24-42-41-18-4-5-21-46(41)56-47(42)30-38/h1-30H. The van der Waals surface area contributed by atoms with Gasteiger partial charge in [0.15, 0.2) is 17.5 Å². The summed E-state index contributed by atoms with van der Waals surface area (Å²) in [5.74, 6) is 1.81. The number of hydrogen-bond donors (Lipinski definition) is 0. The molecule has 0 aliphatic carbocycles. The van der Waals surface area contributed by atoms with Crippen molar-refractivity contribution in [1.29, 1.82) is 0 Å². The van der Waals surface area contributed by atoms with Crippen LogP contribution in [0.15, 0.2) is 186 Å². The maximum Gasteiger partial charge on any atom is 0.164 e. The zero-order valence-electron chi connectivity index (χ0n) is 30.0. The summed E-state index contributed by atoms with van der Waals surface area (Å²) in [7, 11) is 0. The first-order valence-corrected chi connectivity index (χ1v) is 18.8. The van der Waals surface area contributed by atoms with Gasteiger partial charge in [0.05, 0.1) is 11.0 Å². The van der Waals surface area contributed by atoms with Crippen LogP contribution in [0.1, 0.15) is 0 Å². The highest BCUT2D eigenvalue weighted by molar-refractivity contribution is 6.16. The van der Waals surface area contributed by atoms with Gasteiger partial charge in [-0.1, -0.05) is 127 Å². The molecular weight excluding hydrogens is 685 g/mol. The Labute approximate surface area is 321 Å². The number of fused-ring (bicyclic) bond motifs is 20. The van der Waals surface area contributed by atoms with Gasteiger partial charge < -0.3 is 8.98 Å². The van der Waals surface area contributed by atoms with Crippen molar-refractivity contribution in [3.63, 3.8) is 0 Å². The van der Waals surface area contributed by atoms with Crippen LogP contribution in [0.5, 0.6) is 0 Å². The maximum atomic E-state index is 6.28. The molecule has 10 bridgehead atoms. The van der Waals surface area contributed by atoms with Crippen LogP contribution in [0.3, 0.4) is 0 Å². The second-order valence-electron chi connectivity index (χ2n) is 14.5. The average molecular weight is 715 g/mol. The molecule has 56 heavy (non-hydrogen) atoms. The minimum Gasteiger partial charge on any atom is -0.456 e. The van der Waals surface area contributed by atoms with E-state index >= 15 is 0 Å². The minimum absolute atomic E-state index is 0.589. The van der Waals surface area contributed by atoms with Crippen molar-refractivity contribution < 1.29 is 4.42 Å². The molecule has 260 valence electrons. The molecule has 0 saturated carbocycles. The molecule has 0 N–H and O–H groups in total. The average Bonchev–Trinajstić information content (AvgIpc) is 3.81. The Bertz CT molecular complexity index is 3380. The zero-order chi connectivity index (χ0) is 36.7. The Balaban J connectivity index is 1.12. The predicted molar refractivity (Wildman–Crippen MR) is 228 cm³/mol. The molecule has 12 rings (SSSR count). The fourth-order valence-electron chi connectivity index (χ4n) is 8.51. The first-order chi connectivity index (χ1) is 27.7. The number of furan rings is 1. The second-order valence-corrected chi connectivity index (χ2v) is 14.5. The van der Waals surface area contributed by atoms with Crippen LogP contribution in [-0.2, 0) is 0 Å². The van der Waals surface area contributed by atoms with E-state index in [0.717, 1.165) is 72.1 Å². The van der Waals surface area contributed by atoms with Gasteiger partial charge in [-0.3, -0.25) is 0 Å². The molecule has 0 saturated heterocycles. The molecular formula is C51H30N4O. The van der Waals surface area contributed by atoms with Gasteiger partial charge in [-0.05, 0) is 88.0 Å². The summed E-state index contributed by atoms with van der Waals surface area (Å²) in [4.78, 5) is 15.4. The SMILES string of the molecule is c1ccc(-c2cccc3c2c2ccc4cc2n3-c2cccc(c2)-c2cccc(c2)-c2nc(nc(-c3ccc5c(c3)oc3ccccc35)n2)-c2cccc-4c2)cc1. The van der Waals surface area contributed by atoms with Gasteiger partial charge in [-0.2, -0.15) is 0 Å². The second kappa shape index (κ2) is 11.9. The summed E-state index contributed by atoms with van der Waals surface area (Å²) in [6.07, 6.45) is 0. The molecule has 0 atom stereocenters. The van der Waals surface area contributed by atoms with Gasteiger partial charge in [0.2, 0.25) is 0 Å². The van der Waals surface area contributed by atoms with Crippen LogP contribution in [0.4, 0.5) is 0 Å². The van der Waals surface area contributed by atoms with Gasteiger partial charge in [0.1, 0.15) is 11.2 Å². The molecule has 8 aromatic carbocycles. The Morgan fingerprint density at radius 2 is 0.893 bits per heavy atom. The van der Waals surface area contributed by atoms with Gasteiger partial charge in [-0.15, -0.1) is 0 Å². The maximum absolute atomic E-state index is 6.28. The third kappa shape index (κ3) is 4.78. The highest BCUT2D eigenvalue weighted by Gasteiger charge is 2.20. The Kier molecular flexibility index (Phi) is 6.56. The summed E-state index contributed by atoms with van der Waals surface area (Å²) in [5, 5.41) is 4.60. The molecule has 0 fully saturated rings. The monoisotopic (exact) mass is 714 g/mol. The quantitative estimate of drug-likeness (QED) is 0.179. The molecule has 0 spiro atoms. The fourth-order valence-corrected chi connectivity index (χ4v) is 8.51. The van der Waals surface area contributed by atoms with Crippen molar-refractivity contribution in [3.8, 4) is 73.2 Å². The summed E-state index contributed by atoms with van der Waals surface area (Å²) < 4.78 is 8.70. The zero-order valence-corrected chi connectivity index (χ0v) is 30.0. The highest BCUT2D eigenvalue weighted by Crippen LogP contribution is 2.41. The van der Waals surface area contributed by atoms with Gasteiger partial charge in [0.25, 0.3) is 0 Å². The largest absolute Gasteiger partial charge is 0.456 e. The molecule has 1 aliphatic rings. The van der Waals surface area contributed by atoms with E-state index in [0.29, 0.717) is 17.5 Å². The first-order valence-electron chi connectivity index (χ1n) is 18.8. The summed E-state index contributed by atoms with van der Waals surface area (Å²) in [5.41, 5.74) is 14.6. The lowest BCUT2D eigenvalue weighted by Gasteiger charge is -2.13. The fraction of sp³-hybridized carbons (Fsp3) is 0. The van der Waals surface area contributed by atoms with E-state index in [1.165, 1.54) is 27.4 Å². The van der Waals surface area contributed by atoms with Crippen molar-refractivity contribution in [3.05, 3.63) is 182 Å². The number of benzene rings is 8. The summed E-state index contributed by atoms with van der Waals surface area (Å²) in [6.45, 7) is 0. The Hall–Kier alpha value is -7.63. The van der Waals surface area contributed by atoms with E-state index in [2.05, 4.69) is 162 Å². The highest BCUT2D eigenvalue weighted by atomic mass is 16.3. The van der Waals surface area contributed by atoms with Crippen LogP contribution < -0.4 is 0 Å². The Morgan fingerprint density at radius 3 is 1.66 bits per heavy atom. The lowest BCUT2D eigenvalue weighted by atomic mass is 9.97. The van der Waals surface area contributed by atoms with Gasteiger partial charge in [-0.25, -0.2) is 15.0 Å². The van der Waals surface area contributed by atoms with Crippen LogP contribution in [0, 0.1) is 0 Å². The Morgan fingerprint density at radius 1 is 0.339 bits per heavy atom. The summed E-state index contributed by atoms with van der Waals surface area (Å²) >= 11 is 0. The number of aromatic nitrogens is 4. The smallest absolute Gasteiger partial charge is 0.164 e. The lowest BCUT2D eigenvalue weighted by molar-refractivity contribution is 0.669. The van der Waals surface area contributed by atoms with E-state index in [4.69, 9.17) is 19.4 Å². The third-order valence-electron chi connectivity index (χ3n) is 11.2. The number of rotatable bonds is 2. The van der Waals surface area contributed by atoms with Gasteiger partial charge >= 0.3 is 0 Å². The molecule has 11 aromatic rings. The predicted octanol–water partition coefficient (Wildman–Crippen LogP) is 13.2. The molecule has 0 amide bonds. The molecule has 0 unspecified atom stereocenters. The van der Waals surface area contributed by atoms with E-state index in [1.807, 2.05) is 24.3 Å². The van der Waals surface area contributed by atoms with E-state index in [9.17, 15) is 0 Å². The summed E-state index contributed by atoms with van der Waals surface area (Å²) in [6, 6.07) is 64.4. The van der Waals surface area contributed by atoms with E-state index in [1.54, 1.807) is 0 Å². The van der Waals surface area contributed by atoms with Crippen molar-refractivity contribution in [2.75, 3.05) is 0 Å². The minimum atomic E-state index is 0.589. The van der Waals surface area contributed by atoms with Gasteiger partial charge in [0, 0.05) is 43.9 Å². The molecule has 5 heteroatoms. The molecule has 5 nitrogen and oxygen atoms in total. The third-order valence-corrected chi connectivity index (χ3v) is 11.2. The van der Waals surface area contributed by atoms with Crippen LogP contribution >= 0.6 is 0 Å². The normalized spacial score (nSPS) is 11.9. The number of para-hydroxylation sites is 1. The van der Waals surface area contributed by atoms with Crippen molar-refractivity contribution in [2.24, 2.45) is 0 Å². The molecule has 1 aliphatic heterocycles. The van der Waals surface area contributed by atoms with Crippen molar-refractivity contribution in [2.45, 2.75) is 0 Å². The lowest BCUT2D eigenvalue weighted by Crippen LogP contribution is -2.00. The van der Waals surface area contributed by atoms with Crippen LogP contribution in [0.2, 0.25) is 0 Å². The van der Waals surface area contributed by atoms with E-state index in [-0.39, 0.29) is 0 Å². The molecule has 4 heterocycles. The molecule has 3 aromatic heterocycles. The van der Waals surface area contributed by atoms with Crippen LogP contribution in [0.25, 0.3) is 117 Å².